The molecule has 0 aromatic heterocycles. The van der Waals surface area contributed by atoms with Crippen LogP contribution in [0.1, 0.15) is 12.0 Å². The van der Waals surface area contributed by atoms with E-state index in [2.05, 4.69) is 5.43 Å². The topological polar surface area (TPSA) is 67.9 Å². The molecule has 156 valence electrons. The molecule has 0 spiro atoms. The Kier molecular flexibility index (Phi) is 6.28. The zero-order chi connectivity index (χ0) is 21.5. The van der Waals surface area contributed by atoms with Crippen molar-refractivity contribution in [2.75, 3.05) is 18.2 Å². The second-order valence-corrected chi connectivity index (χ2v) is 6.88. The Balaban J connectivity index is 1.40. The van der Waals surface area contributed by atoms with E-state index in [1.54, 1.807) is 30.3 Å². The van der Waals surface area contributed by atoms with E-state index in [0.29, 0.717) is 36.6 Å². The van der Waals surface area contributed by atoms with Crippen molar-refractivity contribution in [1.29, 1.82) is 0 Å². The third-order valence-electron chi connectivity index (χ3n) is 4.68. The second-order valence-electron chi connectivity index (χ2n) is 6.88. The summed E-state index contributed by atoms with van der Waals surface area (Å²) in [6.45, 7) is 0.976. The first-order valence-electron chi connectivity index (χ1n) is 10.0. The molecule has 1 aliphatic rings. The number of carbonyl (C=O) groups is 2. The van der Waals surface area contributed by atoms with E-state index in [1.807, 2.05) is 60.7 Å². The van der Waals surface area contributed by atoms with Crippen LogP contribution in [0.15, 0.2) is 90.5 Å². The van der Waals surface area contributed by atoms with E-state index in [1.165, 1.54) is 5.01 Å². The molecule has 0 aliphatic carbocycles. The van der Waals surface area contributed by atoms with Gasteiger partial charge in [0.25, 0.3) is 11.8 Å². The van der Waals surface area contributed by atoms with Crippen molar-refractivity contribution < 1.29 is 19.1 Å². The molecule has 1 N–H and O–H groups in total. The normalized spacial score (nSPS) is 14.6. The molecule has 6 heteroatoms. The number of hydrazine groups is 1. The van der Waals surface area contributed by atoms with Gasteiger partial charge in [0.15, 0.2) is 0 Å². The van der Waals surface area contributed by atoms with Crippen LogP contribution in [0, 0.1) is 0 Å². The molecule has 1 saturated heterocycles. The van der Waals surface area contributed by atoms with Crippen molar-refractivity contribution >= 4 is 23.6 Å². The predicted molar refractivity (Wildman–Crippen MR) is 119 cm³/mol. The number of amides is 2. The van der Waals surface area contributed by atoms with Gasteiger partial charge in [0, 0.05) is 12.0 Å². The number of nitrogens with one attached hydrogen (secondary N) is 1. The van der Waals surface area contributed by atoms with E-state index < -0.39 is 11.8 Å². The smallest absolute Gasteiger partial charge is 0.282 e. The molecule has 6 nitrogen and oxygen atoms in total. The first-order chi connectivity index (χ1) is 15.2. The quantitative estimate of drug-likeness (QED) is 0.344. The first-order valence-corrected chi connectivity index (χ1v) is 10.0. The molecule has 1 aliphatic heterocycles. The van der Waals surface area contributed by atoms with Crippen LogP contribution in [0.3, 0.4) is 0 Å². The predicted octanol–water partition coefficient (Wildman–Crippen LogP) is 4.00. The standard InChI is InChI=1S/C25H22N2O4/c28-24-22(25(29)27(26-24)20-11-3-1-4-12-20)18-19-10-7-8-15-23(19)31-17-9-16-30-21-13-5-2-6-14-21/h1-8,10-15,18H,9,16-17H2,(H,26,28)/b22-18+. The Bertz CT molecular complexity index is 1080. The van der Waals surface area contributed by atoms with Gasteiger partial charge < -0.3 is 9.47 Å². The molecule has 0 saturated carbocycles. The van der Waals surface area contributed by atoms with Gasteiger partial charge in [-0.1, -0.05) is 54.6 Å². The minimum atomic E-state index is -0.445. The number of para-hydroxylation sites is 3. The van der Waals surface area contributed by atoms with Gasteiger partial charge in [0.1, 0.15) is 17.1 Å². The molecule has 0 radical (unpaired) electrons. The Hall–Kier alpha value is -4.06. The van der Waals surface area contributed by atoms with Crippen LogP contribution in [0.25, 0.3) is 6.08 Å². The monoisotopic (exact) mass is 414 g/mol. The zero-order valence-corrected chi connectivity index (χ0v) is 16.9. The molecular formula is C25H22N2O4. The number of hydrogen-bond donors (Lipinski definition) is 1. The lowest BCUT2D eigenvalue weighted by molar-refractivity contribution is -0.117. The molecule has 3 aromatic rings. The van der Waals surface area contributed by atoms with Gasteiger partial charge in [-0.15, -0.1) is 0 Å². The van der Waals surface area contributed by atoms with E-state index in [0.717, 1.165) is 5.75 Å². The fourth-order valence-corrected chi connectivity index (χ4v) is 3.15. The van der Waals surface area contributed by atoms with E-state index in [4.69, 9.17) is 9.47 Å². The number of ether oxygens (including phenoxy) is 2. The van der Waals surface area contributed by atoms with Crippen LogP contribution in [-0.4, -0.2) is 25.0 Å². The van der Waals surface area contributed by atoms with Crippen LogP contribution < -0.4 is 19.9 Å². The second kappa shape index (κ2) is 9.63. The minimum Gasteiger partial charge on any atom is -0.493 e. The molecule has 3 aromatic carbocycles. The van der Waals surface area contributed by atoms with Crippen LogP contribution in [0.4, 0.5) is 5.69 Å². The van der Waals surface area contributed by atoms with E-state index >= 15 is 0 Å². The number of rotatable bonds is 8. The number of carbonyl (C=O) groups excluding carboxylic acids is 2. The molecule has 4 rings (SSSR count). The van der Waals surface area contributed by atoms with Crippen molar-refractivity contribution in [3.63, 3.8) is 0 Å². The molecule has 0 bridgehead atoms. The van der Waals surface area contributed by atoms with Crippen LogP contribution in [0.5, 0.6) is 11.5 Å². The highest BCUT2D eigenvalue weighted by atomic mass is 16.5. The minimum absolute atomic E-state index is 0.0623. The molecule has 0 atom stereocenters. The van der Waals surface area contributed by atoms with Gasteiger partial charge in [-0.2, -0.15) is 0 Å². The fourth-order valence-electron chi connectivity index (χ4n) is 3.15. The van der Waals surface area contributed by atoms with E-state index in [-0.39, 0.29) is 5.57 Å². The fraction of sp³-hybridized carbons (Fsp3) is 0.120. The maximum Gasteiger partial charge on any atom is 0.282 e. The van der Waals surface area contributed by atoms with Crippen molar-refractivity contribution in [2.24, 2.45) is 0 Å². The summed E-state index contributed by atoms with van der Waals surface area (Å²) in [5.41, 5.74) is 3.94. The van der Waals surface area contributed by atoms with Crippen molar-refractivity contribution in [3.05, 3.63) is 96.1 Å². The summed E-state index contributed by atoms with van der Waals surface area (Å²) in [7, 11) is 0. The highest BCUT2D eigenvalue weighted by Gasteiger charge is 2.34. The van der Waals surface area contributed by atoms with E-state index in [9.17, 15) is 9.59 Å². The Morgan fingerprint density at radius 1 is 0.774 bits per heavy atom. The van der Waals surface area contributed by atoms with Gasteiger partial charge in [-0.3, -0.25) is 15.0 Å². The largest absolute Gasteiger partial charge is 0.493 e. The lowest BCUT2D eigenvalue weighted by atomic mass is 10.1. The van der Waals surface area contributed by atoms with Crippen molar-refractivity contribution in [2.45, 2.75) is 6.42 Å². The Labute approximate surface area is 180 Å². The summed E-state index contributed by atoms with van der Waals surface area (Å²) in [5.74, 6) is 0.581. The zero-order valence-electron chi connectivity index (χ0n) is 16.9. The molecule has 31 heavy (non-hydrogen) atoms. The first kappa shape index (κ1) is 20.2. The maximum absolute atomic E-state index is 12.8. The highest BCUT2D eigenvalue weighted by Crippen LogP contribution is 2.25. The summed E-state index contributed by atoms with van der Waals surface area (Å²) in [6, 6.07) is 25.9. The number of benzene rings is 3. The van der Waals surface area contributed by atoms with Crippen molar-refractivity contribution in [1.82, 2.24) is 5.43 Å². The van der Waals surface area contributed by atoms with Crippen LogP contribution in [-0.2, 0) is 9.59 Å². The molecule has 1 heterocycles. The average molecular weight is 414 g/mol. The average Bonchev–Trinajstić information content (AvgIpc) is 3.09. The molecule has 0 unspecified atom stereocenters. The summed E-state index contributed by atoms with van der Waals surface area (Å²) >= 11 is 0. The summed E-state index contributed by atoms with van der Waals surface area (Å²) in [6.07, 6.45) is 2.26. The number of nitrogens with zero attached hydrogens (tertiary/aromatic N) is 1. The van der Waals surface area contributed by atoms with Crippen LogP contribution in [0.2, 0.25) is 0 Å². The van der Waals surface area contributed by atoms with Crippen LogP contribution >= 0.6 is 0 Å². The summed E-state index contributed by atoms with van der Waals surface area (Å²) < 4.78 is 11.6. The molecular weight excluding hydrogens is 392 g/mol. The van der Waals surface area contributed by atoms with Gasteiger partial charge in [0.05, 0.1) is 18.9 Å². The third-order valence-corrected chi connectivity index (χ3v) is 4.68. The van der Waals surface area contributed by atoms with Gasteiger partial charge >= 0.3 is 0 Å². The number of anilines is 1. The molecule has 2 amide bonds. The highest BCUT2D eigenvalue weighted by molar-refractivity contribution is 6.31. The van der Waals surface area contributed by atoms with Gasteiger partial charge in [-0.25, -0.2) is 5.01 Å². The maximum atomic E-state index is 12.8. The van der Waals surface area contributed by atoms with Crippen molar-refractivity contribution in [3.8, 4) is 11.5 Å². The van der Waals surface area contributed by atoms with Gasteiger partial charge in [-0.05, 0) is 36.4 Å². The molecule has 1 fully saturated rings. The summed E-state index contributed by atoms with van der Waals surface area (Å²) in [5, 5.41) is 1.25. The summed E-state index contributed by atoms with van der Waals surface area (Å²) in [4.78, 5) is 25.2. The number of hydrogen-bond acceptors (Lipinski definition) is 4. The Morgan fingerprint density at radius 2 is 1.42 bits per heavy atom. The Morgan fingerprint density at radius 3 is 2.19 bits per heavy atom. The lowest BCUT2D eigenvalue weighted by Gasteiger charge is -2.14. The third kappa shape index (κ3) is 4.93. The van der Waals surface area contributed by atoms with Gasteiger partial charge in [0.2, 0.25) is 0 Å². The SMILES string of the molecule is O=C1NN(c2ccccc2)C(=O)/C1=C/c1ccccc1OCCCOc1ccccc1. The lowest BCUT2D eigenvalue weighted by Crippen LogP contribution is -2.35.